The van der Waals surface area contributed by atoms with Crippen molar-refractivity contribution in [1.29, 1.82) is 0 Å². The van der Waals surface area contributed by atoms with E-state index >= 15 is 0 Å². The summed E-state index contributed by atoms with van der Waals surface area (Å²) in [5.74, 6) is 0. The Balaban J connectivity index is 2.81. The fourth-order valence-corrected chi connectivity index (χ4v) is 1.11. The molecule has 0 aromatic heterocycles. The van der Waals surface area contributed by atoms with E-state index in [-0.39, 0.29) is 5.38 Å². The molecule has 1 unspecified atom stereocenters. The molecule has 1 aromatic rings. The predicted octanol–water partition coefficient (Wildman–Crippen LogP) is 3.84. The molecule has 0 nitrogen and oxygen atoms in total. The fraction of sp³-hybridized carbons (Fsp3) is 0.222. The van der Waals surface area contributed by atoms with Crippen LogP contribution in [0.15, 0.2) is 24.3 Å². The normalized spacial score (nSPS) is 13.0. The Kier molecular flexibility index (Phi) is 3.22. The Labute approximate surface area is 77.1 Å². The molecule has 0 aliphatic carbocycles. The molecular weight excluding hydrogens is 179 g/mol. The zero-order valence-corrected chi connectivity index (χ0v) is 7.73. The first-order valence-corrected chi connectivity index (χ1v) is 4.24. The second kappa shape index (κ2) is 3.99. The van der Waals surface area contributed by atoms with Crippen LogP contribution in [-0.4, -0.2) is 0 Å². The van der Waals surface area contributed by atoms with E-state index in [0.29, 0.717) is 0 Å². The predicted molar refractivity (Wildman–Crippen MR) is 50.0 cm³/mol. The van der Waals surface area contributed by atoms with Crippen LogP contribution in [0.3, 0.4) is 0 Å². The molecule has 1 radical (unpaired) electrons. The van der Waals surface area contributed by atoms with Crippen molar-refractivity contribution in [3.05, 3.63) is 41.3 Å². The number of hydrogen-bond acceptors (Lipinski definition) is 0. The maximum atomic E-state index is 5.94. The number of alkyl halides is 1. The van der Waals surface area contributed by atoms with E-state index in [1.807, 2.05) is 37.6 Å². The molecule has 1 rings (SSSR count). The largest absolute Gasteiger partial charge is 0.118 e. The van der Waals surface area contributed by atoms with Crippen molar-refractivity contribution in [2.75, 3.05) is 0 Å². The van der Waals surface area contributed by atoms with E-state index in [1.165, 1.54) is 0 Å². The monoisotopic (exact) mass is 187 g/mol. The molecule has 0 saturated heterocycles. The molecular formula is C9H9Cl2. The van der Waals surface area contributed by atoms with Gasteiger partial charge in [0.2, 0.25) is 0 Å². The summed E-state index contributed by atoms with van der Waals surface area (Å²) in [6.07, 6.45) is 1.94. The summed E-state index contributed by atoms with van der Waals surface area (Å²) in [7, 11) is 0. The molecule has 0 N–H and O–H groups in total. The summed E-state index contributed by atoms with van der Waals surface area (Å²) < 4.78 is 0. The van der Waals surface area contributed by atoms with E-state index in [9.17, 15) is 0 Å². The lowest BCUT2D eigenvalue weighted by Crippen LogP contribution is -1.86. The van der Waals surface area contributed by atoms with Gasteiger partial charge in [-0.25, -0.2) is 0 Å². The lowest BCUT2D eigenvalue weighted by atomic mass is 10.1. The van der Waals surface area contributed by atoms with Crippen LogP contribution in [0.1, 0.15) is 17.9 Å². The van der Waals surface area contributed by atoms with Crippen molar-refractivity contribution in [3.63, 3.8) is 0 Å². The van der Waals surface area contributed by atoms with Gasteiger partial charge in [0.05, 0.1) is 5.38 Å². The first-order valence-electron chi connectivity index (χ1n) is 3.43. The lowest BCUT2D eigenvalue weighted by molar-refractivity contribution is 1.09. The summed E-state index contributed by atoms with van der Waals surface area (Å²) >= 11 is 11.7. The molecule has 59 valence electrons. The zero-order chi connectivity index (χ0) is 8.27. The van der Waals surface area contributed by atoms with Crippen molar-refractivity contribution in [2.24, 2.45) is 0 Å². The Morgan fingerprint density at radius 1 is 1.27 bits per heavy atom. The molecule has 0 saturated carbocycles. The van der Waals surface area contributed by atoms with E-state index in [2.05, 4.69) is 0 Å². The van der Waals surface area contributed by atoms with Gasteiger partial charge in [-0.15, -0.1) is 11.6 Å². The quantitative estimate of drug-likeness (QED) is 0.618. The Morgan fingerprint density at radius 2 is 1.82 bits per heavy atom. The zero-order valence-electron chi connectivity index (χ0n) is 6.22. The number of hydrogen-bond donors (Lipinski definition) is 0. The molecule has 2 heteroatoms. The maximum Gasteiger partial charge on any atom is 0.0614 e. The van der Waals surface area contributed by atoms with Crippen molar-refractivity contribution in [3.8, 4) is 0 Å². The third-order valence-electron chi connectivity index (χ3n) is 1.48. The summed E-state index contributed by atoms with van der Waals surface area (Å²) in [6.45, 7) is 1.94. The van der Waals surface area contributed by atoms with Crippen LogP contribution < -0.4 is 0 Å². The molecule has 1 atom stereocenters. The van der Waals surface area contributed by atoms with Crippen LogP contribution in [0.5, 0.6) is 0 Å². The molecule has 0 aliphatic heterocycles. The Morgan fingerprint density at radius 3 is 2.27 bits per heavy atom. The van der Waals surface area contributed by atoms with Crippen molar-refractivity contribution >= 4 is 23.2 Å². The van der Waals surface area contributed by atoms with E-state index in [1.54, 1.807) is 0 Å². The Bertz CT molecular complexity index is 216. The third kappa shape index (κ3) is 2.39. The van der Waals surface area contributed by atoms with Gasteiger partial charge in [0, 0.05) is 5.02 Å². The van der Waals surface area contributed by atoms with Crippen LogP contribution in [-0.2, 0) is 0 Å². The highest BCUT2D eigenvalue weighted by molar-refractivity contribution is 6.30. The van der Waals surface area contributed by atoms with Gasteiger partial charge in [0.1, 0.15) is 0 Å². The summed E-state index contributed by atoms with van der Waals surface area (Å²) in [5, 5.41) is 0.737. The average molecular weight is 188 g/mol. The van der Waals surface area contributed by atoms with E-state index < -0.39 is 0 Å². The second-order valence-electron chi connectivity index (χ2n) is 2.29. The van der Waals surface area contributed by atoms with Gasteiger partial charge in [0.15, 0.2) is 0 Å². The molecule has 0 spiro atoms. The number of halogens is 2. The highest BCUT2D eigenvalue weighted by atomic mass is 35.5. The van der Waals surface area contributed by atoms with Gasteiger partial charge >= 0.3 is 0 Å². The number of rotatable bonds is 2. The van der Waals surface area contributed by atoms with Crippen molar-refractivity contribution < 1.29 is 0 Å². The minimum absolute atomic E-state index is 0.00716. The van der Waals surface area contributed by atoms with Gasteiger partial charge in [-0.05, 0) is 24.1 Å². The highest BCUT2D eigenvalue weighted by Crippen LogP contribution is 2.23. The van der Waals surface area contributed by atoms with Gasteiger partial charge in [0.25, 0.3) is 0 Å². The molecule has 0 bridgehead atoms. The standard InChI is InChI=1S/C9H9Cl2/c1-2-9(11)7-3-5-8(10)6-4-7/h2-6,9H,1H3. The van der Waals surface area contributed by atoms with Gasteiger partial charge in [-0.3, -0.25) is 0 Å². The molecule has 0 amide bonds. The van der Waals surface area contributed by atoms with Crippen LogP contribution in [0.4, 0.5) is 0 Å². The van der Waals surface area contributed by atoms with Gasteiger partial charge < -0.3 is 0 Å². The van der Waals surface area contributed by atoms with Gasteiger partial charge in [-0.1, -0.05) is 30.7 Å². The van der Waals surface area contributed by atoms with Crippen LogP contribution >= 0.6 is 23.2 Å². The topological polar surface area (TPSA) is 0 Å². The second-order valence-corrected chi connectivity index (χ2v) is 3.19. The molecule has 0 fully saturated rings. The smallest absolute Gasteiger partial charge is 0.0614 e. The molecule has 1 aromatic carbocycles. The van der Waals surface area contributed by atoms with Crippen molar-refractivity contribution in [2.45, 2.75) is 12.3 Å². The lowest BCUT2D eigenvalue weighted by Gasteiger charge is -2.04. The van der Waals surface area contributed by atoms with Crippen LogP contribution in [0.2, 0.25) is 5.02 Å². The fourth-order valence-electron chi connectivity index (χ4n) is 0.839. The molecule has 0 heterocycles. The molecule has 11 heavy (non-hydrogen) atoms. The van der Waals surface area contributed by atoms with Crippen LogP contribution in [0, 0.1) is 6.42 Å². The average Bonchev–Trinajstić information content (AvgIpc) is 2.05. The number of benzene rings is 1. The SMILES string of the molecule is C[CH]C(Cl)c1ccc(Cl)cc1. The van der Waals surface area contributed by atoms with Crippen molar-refractivity contribution in [1.82, 2.24) is 0 Å². The summed E-state index contributed by atoms with van der Waals surface area (Å²) in [4.78, 5) is 0. The first-order chi connectivity index (χ1) is 5.24. The van der Waals surface area contributed by atoms with E-state index in [0.717, 1.165) is 10.6 Å². The minimum Gasteiger partial charge on any atom is -0.118 e. The van der Waals surface area contributed by atoms with Gasteiger partial charge in [-0.2, -0.15) is 0 Å². The highest BCUT2D eigenvalue weighted by Gasteiger charge is 2.03. The van der Waals surface area contributed by atoms with Crippen LogP contribution in [0.25, 0.3) is 0 Å². The van der Waals surface area contributed by atoms with E-state index in [4.69, 9.17) is 23.2 Å². The minimum atomic E-state index is -0.00716. The summed E-state index contributed by atoms with van der Waals surface area (Å²) in [6, 6.07) is 7.55. The summed E-state index contributed by atoms with van der Waals surface area (Å²) in [5.41, 5.74) is 1.08. The maximum absolute atomic E-state index is 5.94. The first kappa shape index (κ1) is 8.89. The third-order valence-corrected chi connectivity index (χ3v) is 2.24. The molecule has 0 aliphatic rings. The Hall–Kier alpha value is -0.200.